The van der Waals surface area contributed by atoms with Gasteiger partial charge in [0.2, 0.25) is 0 Å². The van der Waals surface area contributed by atoms with Gasteiger partial charge in [-0.25, -0.2) is 4.52 Å². The van der Waals surface area contributed by atoms with Crippen LogP contribution in [0.25, 0.3) is 55.0 Å². The van der Waals surface area contributed by atoms with E-state index in [-0.39, 0.29) is 5.41 Å². The lowest BCUT2D eigenvalue weighted by Crippen LogP contribution is -2.14. The molecule has 0 fully saturated rings. The van der Waals surface area contributed by atoms with Crippen molar-refractivity contribution in [2.75, 3.05) is 0 Å². The molecular formula is C32H23N3. The number of nitrogens with zero attached hydrogens (tertiary/aromatic N) is 3. The fourth-order valence-corrected chi connectivity index (χ4v) is 6.24. The lowest BCUT2D eigenvalue weighted by Gasteiger charge is -2.21. The second-order valence-corrected chi connectivity index (χ2v) is 10.2. The van der Waals surface area contributed by atoms with Crippen molar-refractivity contribution in [3.05, 3.63) is 114 Å². The summed E-state index contributed by atoms with van der Waals surface area (Å²) < 4.78 is 4.41. The Kier molecular flexibility index (Phi) is 3.47. The Morgan fingerprint density at radius 1 is 0.600 bits per heavy atom. The average molecular weight is 450 g/mol. The van der Waals surface area contributed by atoms with E-state index in [2.05, 4.69) is 116 Å². The molecule has 3 heterocycles. The van der Waals surface area contributed by atoms with Gasteiger partial charge in [-0.2, -0.15) is 5.10 Å². The van der Waals surface area contributed by atoms with E-state index in [9.17, 15) is 0 Å². The summed E-state index contributed by atoms with van der Waals surface area (Å²) in [5, 5.41) is 8.61. The topological polar surface area (TPSA) is 22.2 Å². The molecule has 0 bridgehead atoms. The minimum atomic E-state index is -0.0165. The zero-order valence-electron chi connectivity index (χ0n) is 19.7. The molecule has 7 aromatic rings. The smallest absolute Gasteiger partial charge is 0.0933 e. The molecule has 0 unspecified atom stereocenters. The van der Waals surface area contributed by atoms with Gasteiger partial charge in [-0.3, -0.25) is 0 Å². The highest BCUT2D eigenvalue weighted by Crippen LogP contribution is 2.50. The maximum Gasteiger partial charge on any atom is 0.0933 e. The standard InChI is InChI=1S/C32H23N3/c1-32(2)26-12-6-3-9-21(26)24-18-31-25(17-27(24)32)22-10-5-8-14-30(22)35(31)20-15-16-29-23-11-4-7-13-28(23)33-34(29)19-20/h3-19H,1-2H3. The van der Waals surface area contributed by atoms with Gasteiger partial charge in [0.1, 0.15) is 0 Å². The number of benzene rings is 4. The van der Waals surface area contributed by atoms with Crippen LogP contribution in [0.15, 0.2) is 103 Å². The molecular weight excluding hydrogens is 426 g/mol. The maximum atomic E-state index is 4.86. The SMILES string of the molecule is CC1(C)c2ccccc2-c2cc3c(cc21)c1ccccc1n3-c1ccc2c3ccccc3nn2c1. The molecule has 0 amide bonds. The Morgan fingerprint density at radius 3 is 2.29 bits per heavy atom. The molecule has 3 heteroatoms. The summed E-state index contributed by atoms with van der Waals surface area (Å²) in [6, 6.07) is 35.2. The van der Waals surface area contributed by atoms with Crippen LogP contribution in [0.5, 0.6) is 0 Å². The van der Waals surface area contributed by atoms with Crippen LogP contribution in [0.1, 0.15) is 25.0 Å². The summed E-state index contributed by atoms with van der Waals surface area (Å²) in [7, 11) is 0. The lowest BCUT2D eigenvalue weighted by atomic mass is 9.82. The fraction of sp³-hybridized carbons (Fsp3) is 0.0938. The van der Waals surface area contributed by atoms with Crippen LogP contribution in [-0.4, -0.2) is 14.2 Å². The highest BCUT2D eigenvalue weighted by molar-refractivity contribution is 6.11. The zero-order valence-corrected chi connectivity index (χ0v) is 19.7. The van der Waals surface area contributed by atoms with Crippen molar-refractivity contribution in [2.45, 2.75) is 19.3 Å². The summed E-state index contributed by atoms with van der Waals surface area (Å²) >= 11 is 0. The van der Waals surface area contributed by atoms with E-state index in [0.29, 0.717) is 0 Å². The minimum absolute atomic E-state index is 0.0165. The summed E-state index contributed by atoms with van der Waals surface area (Å²) in [6.45, 7) is 4.69. The third-order valence-corrected chi connectivity index (χ3v) is 7.94. The first-order valence-corrected chi connectivity index (χ1v) is 12.2. The first-order chi connectivity index (χ1) is 17.1. The molecule has 1 aliphatic rings. The third-order valence-electron chi connectivity index (χ3n) is 7.94. The van der Waals surface area contributed by atoms with Crippen LogP contribution in [0.3, 0.4) is 0 Å². The Balaban J connectivity index is 1.48. The van der Waals surface area contributed by atoms with Gasteiger partial charge in [0.05, 0.1) is 34.0 Å². The monoisotopic (exact) mass is 449 g/mol. The first kappa shape index (κ1) is 19.0. The molecule has 4 aromatic carbocycles. The summed E-state index contributed by atoms with van der Waals surface area (Å²) in [5.74, 6) is 0. The van der Waals surface area contributed by atoms with Crippen molar-refractivity contribution in [3.8, 4) is 16.8 Å². The number of hydrogen-bond donors (Lipinski definition) is 0. The molecule has 1 aliphatic carbocycles. The van der Waals surface area contributed by atoms with Gasteiger partial charge in [-0.15, -0.1) is 0 Å². The second-order valence-electron chi connectivity index (χ2n) is 10.2. The average Bonchev–Trinajstić information content (AvgIpc) is 3.49. The molecule has 35 heavy (non-hydrogen) atoms. The van der Waals surface area contributed by atoms with E-state index in [1.807, 2.05) is 10.6 Å². The molecule has 166 valence electrons. The second kappa shape index (κ2) is 6.39. The summed E-state index contributed by atoms with van der Waals surface area (Å²) in [6.07, 6.45) is 2.16. The molecule has 0 aliphatic heterocycles. The number of aromatic nitrogens is 3. The number of para-hydroxylation sites is 1. The number of fused-ring (bicyclic) bond motifs is 9. The van der Waals surface area contributed by atoms with E-state index in [4.69, 9.17) is 5.10 Å². The maximum absolute atomic E-state index is 4.86. The fourth-order valence-electron chi connectivity index (χ4n) is 6.24. The lowest BCUT2D eigenvalue weighted by molar-refractivity contribution is 0.661. The van der Waals surface area contributed by atoms with E-state index in [1.54, 1.807) is 0 Å². The molecule has 3 aromatic heterocycles. The van der Waals surface area contributed by atoms with E-state index in [1.165, 1.54) is 49.4 Å². The predicted molar refractivity (Wildman–Crippen MR) is 145 cm³/mol. The number of rotatable bonds is 1. The number of hydrogen-bond acceptors (Lipinski definition) is 1. The van der Waals surface area contributed by atoms with Gasteiger partial charge in [0, 0.05) is 21.6 Å². The summed E-state index contributed by atoms with van der Waals surface area (Å²) in [5.41, 5.74) is 11.2. The van der Waals surface area contributed by atoms with Crippen LogP contribution in [-0.2, 0) is 5.41 Å². The highest BCUT2D eigenvalue weighted by atomic mass is 15.2. The van der Waals surface area contributed by atoms with Gasteiger partial charge in [-0.1, -0.05) is 74.5 Å². The van der Waals surface area contributed by atoms with Crippen molar-refractivity contribution >= 4 is 38.2 Å². The van der Waals surface area contributed by atoms with Gasteiger partial charge in [0.15, 0.2) is 0 Å². The number of pyridine rings is 1. The van der Waals surface area contributed by atoms with Gasteiger partial charge < -0.3 is 4.57 Å². The molecule has 0 spiro atoms. The largest absolute Gasteiger partial charge is 0.308 e. The molecule has 0 N–H and O–H groups in total. The van der Waals surface area contributed by atoms with Crippen molar-refractivity contribution in [2.24, 2.45) is 0 Å². The zero-order chi connectivity index (χ0) is 23.3. The van der Waals surface area contributed by atoms with E-state index < -0.39 is 0 Å². The van der Waals surface area contributed by atoms with E-state index >= 15 is 0 Å². The molecule has 0 radical (unpaired) electrons. The quantitative estimate of drug-likeness (QED) is 0.250. The van der Waals surface area contributed by atoms with Crippen molar-refractivity contribution in [1.29, 1.82) is 0 Å². The molecule has 3 nitrogen and oxygen atoms in total. The predicted octanol–water partition coefficient (Wildman–Crippen LogP) is 7.89. The molecule has 0 saturated heterocycles. The highest BCUT2D eigenvalue weighted by Gasteiger charge is 2.36. The minimum Gasteiger partial charge on any atom is -0.308 e. The van der Waals surface area contributed by atoms with Crippen molar-refractivity contribution in [1.82, 2.24) is 14.2 Å². The molecule has 8 rings (SSSR count). The van der Waals surface area contributed by atoms with E-state index in [0.717, 1.165) is 16.7 Å². The van der Waals surface area contributed by atoms with Crippen LogP contribution in [0, 0.1) is 0 Å². The van der Waals surface area contributed by atoms with Crippen molar-refractivity contribution in [3.63, 3.8) is 0 Å². The van der Waals surface area contributed by atoms with Crippen LogP contribution in [0.2, 0.25) is 0 Å². The van der Waals surface area contributed by atoms with Gasteiger partial charge in [-0.05, 0) is 58.7 Å². The Labute approximate surface area is 202 Å². The molecule has 0 saturated carbocycles. The first-order valence-electron chi connectivity index (χ1n) is 12.2. The van der Waals surface area contributed by atoms with Crippen molar-refractivity contribution < 1.29 is 0 Å². The Morgan fingerprint density at radius 2 is 1.37 bits per heavy atom. The van der Waals surface area contributed by atoms with Gasteiger partial charge >= 0.3 is 0 Å². The Bertz CT molecular complexity index is 1980. The van der Waals surface area contributed by atoms with Crippen LogP contribution in [0.4, 0.5) is 0 Å². The third kappa shape index (κ3) is 2.37. The molecule has 0 atom stereocenters. The van der Waals surface area contributed by atoms with Crippen LogP contribution >= 0.6 is 0 Å². The van der Waals surface area contributed by atoms with Gasteiger partial charge in [0.25, 0.3) is 0 Å². The Hall–Kier alpha value is -4.37. The normalized spacial score (nSPS) is 14.2. The van der Waals surface area contributed by atoms with Crippen LogP contribution < -0.4 is 0 Å². The summed E-state index contributed by atoms with van der Waals surface area (Å²) in [4.78, 5) is 0.